The first kappa shape index (κ1) is 21.5. The Bertz CT molecular complexity index is 949. The number of nitrogens with one attached hydrogen (secondary N) is 3. The third-order valence-electron chi connectivity index (χ3n) is 4.80. The van der Waals surface area contributed by atoms with E-state index in [4.69, 9.17) is 4.74 Å². The molecule has 2 aromatic rings. The zero-order valence-corrected chi connectivity index (χ0v) is 17.6. The van der Waals surface area contributed by atoms with Crippen molar-refractivity contribution >= 4 is 29.1 Å². The van der Waals surface area contributed by atoms with Gasteiger partial charge in [-0.2, -0.15) is 0 Å². The SMILES string of the molecule is CC(=O)Nc1cccc(C(=O)NC(=NC[C@@H]2CCCO2)Nc2cc(C)ccc2C)c1. The lowest BCUT2D eigenvalue weighted by Gasteiger charge is -2.15. The van der Waals surface area contributed by atoms with Crippen LogP contribution in [0.1, 0.15) is 41.3 Å². The van der Waals surface area contributed by atoms with E-state index in [2.05, 4.69) is 20.9 Å². The van der Waals surface area contributed by atoms with Gasteiger partial charge in [-0.3, -0.25) is 14.9 Å². The summed E-state index contributed by atoms with van der Waals surface area (Å²) in [5.41, 5.74) is 4.03. The molecule has 0 bridgehead atoms. The first-order chi connectivity index (χ1) is 14.4. The molecule has 0 saturated carbocycles. The predicted molar refractivity (Wildman–Crippen MR) is 119 cm³/mol. The number of carbonyl (C=O) groups excluding carboxylic acids is 2. The topological polar surface area (TPSA) is 91.8 Å². The number of carbonyl (C=O) groups is 2. The summed E-state index contributed by atoms with van der Waals surface area (Å²) in [6.07, 6.45) is 2.07. The van der Waals surface area contributed by atoms with E-state index in [1.165, 1.54) is 6.92 Å². The number of aryl methyl sites for hydroxylation is 2. The van der Waals surface area contributed by atoms with E-state index >= 15 is 0 Å². The van der Waals surface area contributed by atoms with Crippen LogP contribution in [0.25, 0.3) is 0 Å². The average Bonchev–Trinajstić information content (AvgIpc) is 3.22. The number of anilines is 2. The maximum absolute atomic E-state index is 12.9. The van der Waals surface area contributed by atoms with E-state index in [9.17, 15) is 9.59 Å². The predicted octanol–water partition coefficient (Wildman–Crippen LogP) is 3.64. The standard InChI is InChI=1S/C23H28N4O3/c1-15-9-10-16(2)21(12-15)26-23(24-14-20-8-5-11-30-20)27-22(29)18-6-4-7-19(13-18)25-17(3)28/h4,6-7,9-10,12-13,20H,5,8,11,14H2,1-3H3,(H,25,28)(H2,24,26,27,29)/t20-/m0/s1. The van der Waals surface area contributed by atoms with Gasteiger partial charge in [-0.15, -0.1) is 0 Å². The first-order valence-electron chi connectivity index (χ1n) is 10.1. The van der Waals surface area contributed by atoms with Gasteiger partial charge in [0.2, 0.25) is 11.9 Å². The zero-order chi connectivity index (χ0) is 21.5. The molecule has 2 aromatic carbocycles. The lowest BCUT2D eigenvalue weighted by Crippen LogP contribution is -2.37. The second-order valence-corrected chi connectivity index (χ2v) is 7.48. The number of guanidine groups is 1. The summed E-state index contributed by atoms with van der Waals surface area (Å²) < 4.78 is 5.65. The summed E-state index contributed by atoms with van der Waals surface area (Å²) in [5.74, 6) is -0.136. The molecule has 0 aromatic heterocycles. The van der Waals surface area contributed by atoms with Gasteiger partial charge in [0.15, 0.2) is 0 Å². The van der Waals surface area contributed by atoms with Crippen molar-refractivity contribution in [2.75, 3.05) is 23.8 Å². The van der Waals surface area contributed by atoms with Crippen molar-refractivity contribution in [3.05, 3.63) is 59.2 Å². The van der Waals surface area contributed by atoms with Gasteiger partial charge < -0.3 is 15.4 Å². The number of hydrogen-bond acceptors (Lipinski definition) is 4. The molecule has 1 aliphatic heterocycles. The molecule has 7 nitrogen and oxygen atoms in total. The average molecular weight is 409 g/mol. The molecular weight excluding hydrogens is 380 g/mol. The Kier molecular flexibility index (Phi) is 7.19. The highest BCUT2D eigenvalue weighted by atomic mass is 16.5. The van der Waals surface area contributed by atoms with E-state index in [-0.39, 0.29) is 17.9 Å². The number of benzene rings is 2. The summed E-state index contributed by atoms with van der Waals surface area (Å²) in [5, 5.41) is 8.80. The Morgan fingerprint density at radius 1 is 1.13 bits per heavy atom. The molecule has 1 heterocycles. The van der Waals surface area contributed by atoms with Crippen molar-refractivity contribution in [3.63, 3.8) is 0 Å². The summed E-state index contributed by atoms with van der Waals surface area (Å²) in [6, 6.07) is 12.9. The molecule has 3 rings (SSSR count). The van der Waals surface area contributed by atoms with Gasteiger partial charge in [0.1, 0.15) is 0 Å². The number of amides is 2. The number of ether oxygens (including phenoxy) is 1. The summed E-state index contributed by atoms with van der Waals surface area (Å²) in [6.45, 7) is 6.66. The summed E-state index contributed by atoms with van der Waals surface area (Å²) in [7, 11) is 0. The molecule has 7 heteroatoms. The molecule has 0 radical (unpaired) electrons. The van der Waals surface area contributed by atoms with Crippen LogP contribution in [0.5, 0.6) is 0 Å². The Hall–Kier alpha value is -3.19. The molecule has 1 aliphatic rings. The van der Waals surface area contributed by atoms with Crippen molar-refractivity contribution in [1.29, 1.82) is 0 Å². The Morgan fingerprint density at radius 3 is 2.70 bits per heavy atom. The van der Waals surface area contributed by atoms with Crippen molar-refractivity contribution in [2.45, 2.75) is 39.7 Å². The van der Waals surface area contributed by atoms with Gasteiger partial charge in [-0.1, -0.05) is 18.2 Å². The molecule has 0 spiro atoms. The maximum Gasteiger partial charge on any atom is 0.258 e. The van der Waals surface area contributed by atoms with E-state index in [0.717, 1.165) is 36.3 Å². The Labute approximate surface area is 176 Å². The number of rotatable bonds is 5. The van der Waals surface area contributed by atoms with E-state index in [1.54, 1.807) is 24.3 Å². The van der Waals surface area contributed by atoms with Crippen LogP contribution in [0, 0.1) is 13.8 Å². The number of nitrogens with zero attached hydrogens (tertiary/aromatic N) is 1. The normalized spacial score (nSPS) is 16.2. The summed E-state index contributed by atoms with van der Waals surface area (Å²) >= 11 is 0. The molecule has 1 saturated heterocycles. The summed E-state index contributed by atoms with van der Waals surface area (Å²) in [4.78, 5) is 28.7. The highest BCUT2D eigenvalue weighted by Crippen LogP contribution is 2.17. The molecule has 2 amide bonds. The minimum atomic E-state index is -0.314. The fourth-order valence-corrected chi connectivity index (χ4v) is 3.21. The van der Waals surface area contributed by atoms with Crippen LogP contribution in [-0.4, -0.2) is 37.0 Å². The second kappa shape index (κ2) is 10.0. The van der Waals surface area contributed by atoms with Gasteiger partial charge >= 0.3 is 0 Å². The molecule has 1 atom stereocenters. The van der Waals surface area contributed by atoms with Gasteiger partial charge in [-0.05, 0) is 62.1 Å². The molecular formula is C23H28N4O3. The number of aliphatic imine (C=N–C) groups is 1. The van der Waals surface area contributed by atoms with Crippen molar-refractivity contribution in [2.24, 2.45) is 4.99 Å². The quantitative estimate of drug-likeness (QED) is 0.520. The molecule has 158 valence electrons. The van der Waals surface area contributed by atoms with E-state index in [0.29, 0.717) is 23.8 Å². The van der Waals surface area contributed by atoms with Crippen LogP contribution in [-0.2, 0) is 9.53 Å². The minimum absolute atomic E-state index is 0.0698. The van der Waals surface area contributed by atoms with Gasteiger partial charge in [-0.25, -0.2) is 4.99 Å². The maximum atomic E-state index is 12.9. The van der Waals surface area contributed by atoms with Gasteiger partial charge in [0.25, 0.3) is 5.91 Å². The fourth-order valence-electron chi connectivity index (χ4n) is 3.21. The zero-order valence-electron chi connectivity index (χ0n) is 17.6. The van der Waals surface area contributed by atoms with Gasteiger partial charge in [0.05, 0.1) is 12.6 Å². The minimum Gasteiger partial charge on any atom is -0.376 e. The molecule has 3 N–H and O–H groups in total. The fraction of sp³-hybridized carbons (Fsp3) is 0.348. The first-order valence-corrected chi connectivity index (χ1v) is 10.1. The second-order valence-electron chi connectivity index (χ2n) is 7.48. The smallest absolute Gasteiger partial charge is 0.258 e. The van der Waals surface area contributed by atoms with Crippen LogP contribution in [0.4, 0.5) is 11.4 Å². The number of hydrogen-bond donors (Lipinski definition) is 3. The van der Waals surface area contributed by atoms with Crippen LogP contribution < -0.4 is 16.0 Å². The Balaban J connectivity index is 1.78. The lowest BCUT2D eigenvalue weighted by atomic mass is 10.1. The third kappa shape index (κ3) is 6.15. The van der Waals surface area contributed by atoms with Crippen LogP contribution in [0.2, 0.25) is 0 Å². The highest BCUT2D eigenvalue weighted by Gasteiger charge is 2.16. The van der Waals surface area contributed by atoms with Crippen molar-refractivity contribution in [3.8, 4) is 0 Å². The van der Waals surface area contributed by atoms with E-state index < -0.39 is 0 Å². The lowest BCUT2D eigenvalue weighted by molar-refractivity contribution is -0.114. The molecule has 30 heavy (non-hydrogen) atoms. The van der Waals surface area contributed by atoms with E-state index in [1.807, 2.05) is 32.0 Å². The highest BCUT2D eigenvalue weighted by molar-refractivity contribution is 6.10. The largest absolute Gasteiger partial charge is 0.376 e. The van der Waals surface area contributed by atoms with Crippen LogP contribution in [0.3, 0.4) is 0 Å². The molecule has 0 unspecified atom stereocenters. The van der Waals surface area contributed by atoms with Crippen molar-refractivity contribution < 1.29 is 14.3 Å². The molecule has 0 aliphatic carbocycles. The Morgan fingerprint density at radius 2 is 1.97 bits per heavy atom. The van der Waals surface area contributed by atoms with Gasteiger partial charge in [0, 0.05) is 30.5 Å². The monoisotopic (exact) mass is 408 g/mol. The third-order valence-corrected chi connectivity index (χ3v) is 4.80. The van der Waals surface area contributed by atoms with Crippen LogP contribution in [0.15, 0.2) is 47.5 Å². The van der Waals surface area contributed by atoms with Crippen LogP contribution >= 0.6 is 0 Å². The molecule has 1 fully saturated rings. The van der Waals surface area contributed by atoms with Crippen molar-refractivity contribution in [1.82, 2.24) is 5.32 Å².